The van der Waals surface area contributed by atoms with Gasteiger partial charge in [0.25, 0.3) is 0 Å². The fourth-order valence-corrected chi connectivity index (χ4v) is 4.09. The van der Waals surface area contributed by atoms with E-state index in [1.165, 1.54) is 0 Å². The lowest BCUT2D eigenvalue weighted by Gasteiger charge is -2.20. The number of ether oxygens (including phenoxy) is 1. The van der Waals surface area contributed by atoms with Crippen molar-refractivity contribution in [2.75, 3.05) is 7.05 Å². The van der Waals surface area contributed by atoms with Gasteiger partial charge in [0.05, 0.1) is 5.92 Å². The van der Waals surface area contributed by atoms with Crippen molar-refractivity contribution in [3.63, 3.8) is 0 Å². The van der Waals surface area contributed by atoms with Crippen molar-refractivity contribution >= 4 is 28.0 Å². The van der Waals surface area contributed by atoms with Gasteiger partial charge in [-0.05, 0) is 22.9 Å². The van der Waals surface area contributed by atoms with E-state index >= 15 is 0 Å². The van der Waals surface area contributed by atoms with Crippen molar-refractivity contribution < 1.29 is 9.53 Å². The highest BCUT2D eigenvalue weighted by Gasteiger charge is 2.63. The van der Waals surface area contributed by atoms with E-state index in [-0.39, 0.29) is 11.8 Å². The van der Waals surface area contributed by atoms with Crippen LogP contribution in [0.3, 0.4) is 0 Å². The van der Waals surface area contributed by atoms with Crippen LogP contribution in [0.2, 0.25) is 0 Å². The normalized spacial score (nSPS) is 21.2. The highest BCUT2D eigenvalue weighted by Crippen LogP contribution is 2.57. The quantitative estimate of drug-likeness (QED) is 0.719. The number of benzene rings is 2. The summed E-state index contributed by atoms with van der Waals surface area (Å²) in [6.07, 6.45) is 0.719. The second kappa shape index (κ2) is 7.28. The second-order valence-corrected chi connectivity index (χ2v) is 6.76. The van der Waals surface area contributed by atoms with Crippen LogP contribution in [0.25, 0.3) is 10.8 Å². The highest BCUT2D eigenvalue weighted by atomic mass is 32.1. The fourth-order valence-electron chi connectivity index (χ4n) is 3.16. The Labute approximate surface area is 152 Å². The first kappa shape index (κ1) is 17.5. The lowest BCUT2D eigenvalue weighted by molar-refractivity contribution is -0.123. The summed E-state index contributed by atoms with van der Waals surface area (Å²) >= 11 is 1.64. The van der Waals surface area contributed by atoms with Gasteiger partial charge < -0.3 is 10.1 Å². The van der Waals surface area contributed by atoms with Crippen LogP contribution in [0.4, 0.5) is 0 Å². The molecule has 0 radical (unpaired) electrons. The van der Waals surface area contributed by atoms with E-state index < -0.39 is 5.60 Å². The minimum absolute atomic E-state index is 0.0404. The molecule has 130 valence electrons. The molecule has 2 atom stereocenters. The molecule has 0 saturated heterocycles. The van der Waals surface area contributed by atoms with Crippen LogP contribution in [0.1, 0.15) is 25.1 Å². The Kier molecular flexibility index (Phi) is 5.09. The van der Waals surface area contributed by atoms with Crippen molar-refractivity contribution in [1.29, 1.82) is 0 Å². The minimum Gasteiger partial charge on any atom is -0.480 e. The van der Waals surface area contributed by atoms with Gasteiger partial charge in [-0.15, -0.1) is 11.3 Å². The molecule has 25 heavy (non-hydrogen) atoms. The van der Waals surface area contributed by atoms with Crippen molar-refractivity contribution in [2.45, 2.75) is 25.9 Å². The third-order valence-corrected chi connectivity index (χ3v) is 5.48. The number of nitrogens with one attached hydrogen (secondary N) is 1. The maximum absolute atomic E-state index is 12.2. The third-order valence-electron chi connectivity index (χ3n) is 4.45. The summed E-state index contributed by atoms with van der Waals surface area (Å²) in [7, 11) is 1.68. The highest BCUT2D eigenvalue weighted by molar-refractivity contribution is 7.10. The van der Waals surface area contributed by atoms with Gasteiger partial charge in [-0.2, -0.15) is 0 Å². The minimum atomic E-state index is -0.529. The molecule has 1 amide bonds. The van der Waals surface area contributed by atoms with E-state index in [1.54, 1.807) is 18.4 Å². The molecule has 1 saturated carbocycles. The molecule has 4 rings (SSSR count). The fraction of sp³-hybridized carbons (Fsp3) is 0.286. The zero-order chi connectivity index (χ0) is 17.9. The number of rotatable bonds is 4. The number of hydrogen-bond donors (Lipinski definition) is 1. The summed E-state index contributed by atoms with van der Waals surface area (Å²) in [5.74, 6) is 0.742. The standard InChI is InChI=1S/C19H17NO2S.C2H6/c1-20-18(21)15-12-19(15,17-10-5-11-23-17)22-16-9-4-7-13-6-2-3-8-14(13)16;1-2/h2-11,15H,12H2,1H3,(H,20,21);1-2H3/t15-,19+;/m0./s1. The van der Waals surface area contributed by atoms with E-state index in [9.17, 15) is 4.79 Å². The first-order valence-electron chi connectivity index (χ1n) is 8.67. The van der Waals surface area contributed by atoms with Gasteiger partial charge in [0, 0.05) is 23.7 Å². The van der Waals surface area contributed by atoms with Gasteiger partial charge in [0.2, 0.25) is 5.91 Å². The maximum Gasteiger partial charge on any atom is 0.227 e. The Morgan fingerprint density at radius 2 is 1.88 bits per heavy atom. The van der Waals surface area contributed by atoms with Crippen LogP contribution >= 0.6 is 11.3 Å². The largest absolute Gasteiger partial charge is 0.480 e. The molecule has 1 aliphatic rings. The van der Waals surface area contributed by atoms with Crippen molar-refractivity contribution in [3.05, 3.63) is 64.9 Å². The Balaban J connectivity index is 0.000000880. The van der Waals surface area contributed by atoms with Crippen molar-refractivity contribution in [2.24, 2.45) is 5.92 Å². The number of fused-ring (bicyclic) bond motifs is 1. The van der Waals surface area contributed by atoms with Crippen LogP contribution in [0, 0.1) is 5.92 Å². The summed E-state index contributed by atoms with van der Waals surface area (Å²) in [6, 6.07) is 18.3. The van der Waals surface area contributed by atoms with Crippen LogP contribution in [-0.2, 0) is 10.4 Å². The summed E-state index contributed by atoms with van der Waals surface area (Å²) in [5, 5.41) is 7.00. The first-order chi connectivity index (χ1) is 12.2. The Hall–Kier alpha value is -2.33. The molecule has 1 heterocycles. The van der Waals surface area contributed by atoms with E-state index in [0.29, 0.717) is 0 Å². The molecule has 0 aliphatic heterocycles. The summed E-state index contributed by atoms with van der Waals surface area (Å²) in [6.45, 7) is 4.00. The molecule has 1 fully saturated rings. The number of carbonyl (C=O) groups excluding carboxylic acids is 1. The molecular formula is C21H23NO2S. The molecule has 0 unspecified atom stereocenters. The van der Waals surface area contributed by atoms with Gasteiger partial charge in [0.15, 0.2) is 5.60 Å². The predicted octanol–water partition coefficient (Wildman–Crippen LogP) is 4.97. The molecule has 1 aliphatic carbocycles. The lowest BCUT2D eigenvalue weighted by Crippen LogP contribution is -2.28. The summed E-state index contributed by atoms with van der Waals surface area (Å²) in [5.41, 5.74) is -0.529. The van der Waals surface area contributed by atoms with Gasteiger partial charge >= 0.3 is 0 Å². The zero-order valence-electron chi connectivity index (χ0n) is 14.8. The third kappa shape index (κ3) is 3.14. The molecule has 0 bridgehead atoms. The second-order valence-electron chi connectivity index (χ2n) is 5.82. The molecular weight excluding hydrogens is 330 g/mol. The lowest BCUT2D eigenvalue weighted by atomic mass is 10.1. The SMILES string of the molecule is CC.CNC(=O)[C@@H]1C[C@]1(Oc1cccc2ccccc12)c1cccs1. The van der Waals surface area contributed by atoms with Gasteiger partial charge in [-0.25, -0.2) is 0 Å². The van der Waals surface area contributed by atoms with E-state index in [1.807, 2.05) is 49.6 Å². The number of thiophene rings is 1. The van der Waals surface area contributed by atoms with E-state index in [0.717, 1.165) is 27.8 Å². The van der Waals surface area contributed by atoms with E-state index in [4.69, 9.17) is 4.74 Å². The molecule has 2 aromatic carbocycles. The van der Waals surface area contributed by atoms with Crippen LogP contribution in [0.5, 0.6) is 5.75 Å². The van der Waals surface area contributed by atoms with Crippen molar-refractivity contribution in [3.8, 4) is 5.75 Å². The first-order valence-corrected chi connectivity index (χ1v) is 9.55. The maximum atomic E-state index is 12.2. The number of carbonyl (C=O) groups is 1. The summed E-state index contributed by atoms with van der Waals surface area (Å²) in [4.78, 5) is 13.3. The molecule has 0 spiro atoms. The number of hydrogen-bond acceptors (Lipinski definition) is 3. The Bertz CT molecular complexity index is 854. The van der Waals surface area contributed by atoms with E-state index in [2.05, 4.69) is 29.6 Å². The van der Waals surface area contributed by atoms with Crippen molar-refractivity contribution in [1.82, 2.24) is 5.32 Å². The van der Waals surface area contributed by atoms with Gasteiger partial charge in [0.1, 0.15) is 5.75 Å². The molecule has 1 aromatic heterocycles. The van der Waals surface area contributed by atoms with Crippen LogP contribution < -0.4 is 10.1 Å². The monoisotopic (exact) mass is 353 g/mol. The van der Waals surface area contributed by atoms with Gasteiger partial charge in [-0.3, -0.25) is 4.79 Å². The molecule has 1 N–H and O–H groups in total. The topological polar surface area (TPSA) is 38.3 Å². The smallest absolute Gasteiger partial charge is 0.227 e. The molecule has 3 nitrogen and oxygen atoms in total. The van der Waals surface area contributed by atoms with Gasteiger partial charge in [-0.1, -0.05) is 56.3 Å². The molecule has 4 heteroatoms. The Morgan fingerprint density at radius 1 is 1.12 bits per heavy atom. The van der Waals surface area contributed by atoms with Crippen LogP contribution in [0.15, 0.2) is 60.0 Å². The average Bonchev–Trinajstić information content (AvgIpc) is 3.13. The Morgan fingerprint density at radius 3 is 2.60 bits per heavy atom. The molecule has 3 aromatic rings. The predicted molar refractivity (Wildman–Crippen MR) is 104 cm³/mol. The number of amides is 1. The zero-order valence-corrected chi connectivity index (χ0v) is 15.6. The van der Waals surface area contributed by atoms with Crippen LogP contribution in [-0.4, -0.2) is 13.0 Å². The summed E-state index contributed by atoms with van der Waals surface area (Å²) < 4.78 is 6.46. The average molecular weight is 353 g/mol.